The average Bonchev–Trinajstić information content (AvgIpc) is 2.82. The molecule has 0 aliphatic carbocycles. The molecule has 19 nitrogen and oxygen atoms in total. The summed E-state index contributed by atoms with van der Waals surface area (Å²) in [4.78, 5) is 13.4. The minimum absolute atomic E-state index is 0.237. The predicted molar refractivity (Wildman–Crippen MR) is 323 cm³/mol. The van der Waals surface area contributed by atoms with E-state index in [2.05, 4.69) is 67.8 Å². The van der Waals surface area contributed by atoms with Crippen LogP contribution < -0.4 is 5.32 Å². The number of ether oxygens (including phenoxy) is 6. The average molecular weight is 1200 g/mol. The summed E-state index contributed by atoms with van der Waals surface area (Å²) in [6.45, 7) is 1.67. The van der Waals surface area contributed by atoms with E-state index in [4.69, 9.17) is 28.4 Å². The molecule has 3 rings (SSSR count). The molecule has 3 fully saturated rings. The Balaban J connectivity index is 1.46. The Kier molecular flexibility index (Phi) is 43.2. The van der Waals surface area contributed by atoms with Crippen molar-refractivity contribution >= 4 is 5.91 Å². The first kappa shape index (κ1) is 76.0. The van der Waals surface area contributed by atoms with Crippen LogP contribution in [0.5, 0.6) is 0 Å². The smallest absolute Gasteiger partial charge is 0.220 e. The Hall–Kier alpha value is -2.25. The molecule has 3 aliphatic rings. The van der Waals surface area contributed by atoms with Crippen LogP contribution in [-0.2, 0) is 33.2 Å². The van der Waals surface area contributed by atoms with Crippen molar-refractivity contribution in [2.24, 2.45) is 0 Å². The van der Waals surface area contributed by atoms with Gasteiger partial charge in [0.1, 0.15) is 73.2 Å². The minimum atomic E-state index is -1.98. The Labute approximate surface area is 503 Å². The van der Waals surface area contributed by atoms with E-state index in [1.807, 2.05) is 0 Å². The minimum Gasteiger partial charge on any atom is -0.394 e. The topological polar surface area (TPSA) is 307 Å². The predicted octanol–water partition coefficient (Wildman–Crippen LogP) is 7.43. The molecular formula is C65H117NO18. The number of carbonyl (C=O) groups is 1. The molecule has 0 aromatic heterocycles. The first-order valence-electron chi connectivity index (χ1n) is 32.9. The molecule has 490 valence electrons. The number of rotatable bonds is 49. The lowest BCUT2D eigenvalue weighted by Gasteiger charge is -2.48. The Morgan fingerprint density at radius 2 is 0.821 bits per heavy atom. The summed E-state index contributed by atoms with van der Waals surface area (Å²) in [7, 11) is 0. The third kappa shape index (κ3) is 30.3. The SMILES string of the molecule is CC/C=C\C/C=C\C/C=C\C/C=C\CCCCCCC(=O)NC(COC1OC(CO)C(OC2OC(CO)C(OC3OC(CO)C(O)C(O)C3O)C(O)C2O)C(O)C1O)C(O)CCCCCCCCCCCCCCCCCCCCCCCC. The van der Waals surface area contributed by atoms with E-state index in [1.165, 1.54) is 116 Å². The van der Waals surface area contributed by atoms with Gasteiger partial charge in [-0.1, -0.05) is 217 Å². The molecule has 17 unspecified atom stereocenters. The Morgan fingerprint density at radius 3 is 1.29 bits per heavy atom. The third-order valence-corrected chi connectivity index (χ3v) is 16.4. The van der Waals surface area contributed by atoms with Crippen LogP contribution in [0.1, 0.15) is 226 Å². The van der Waals surface area contributed by atoms with Crippen molar-refractivity contribution in [2.45, 2.75) is 330 Å². The summed E-state index contributed by atoms with van der Waals surface area (Å²) in [5.74, 6) is -0.266. The second-order valence-electron chi connectivity index (χ2n) is 23.6. The van der Waals surface area contributed by atoms with Crippen molar-refractivity contribution in [2.75, 3.05) is 26.4 Å². The molecule has 3 heterocycles. The van der Waals surface area contributed by atoms with E-state index in [0.29, 0.717) is 12.8 Å². The molecule has 17 atom stereocenters. The van der Waals surface area contributed by atoms with Crippen molar-refractivity contribution < 1.29 is 89.4 Å². The number of hydrogen-bond donors (Lipinski definition) is 12. The fourth-order valence-corrected chi connectivity index (χ4v) is 11.1. The second kappa shape index (κ2) is 47.7. The van der Waals surface area contributed by atoms with Crippen LogP contribution in [-0.4, -0.2) is 193 Å². The van der Waals surface area contributed by atoms with E-state index in [9.17, 15) is 61.0 Å². The molecule has 0 spiro atoms. The highest BCUT2D eigenvalue weighted by molar-refractivity contribution is 5.76. The fourth-order valence-electron chi connectivity index (χ4n) is 11.1. The van der Waals surface area contributed by atoms with Gasteiger partial charge in [0.05, 0.1) is 38.6 Å². The van der Waals surface area contributed by atoms with Crippen LogP contribution in [0.4, 0.5) is 0 Å². The largest absolute Gasteiger partial charge is 0.394 e. The van der Waals surface area contributed by atoms with Gasteiger partial charge in [-0.05, 0) is 51.4 Å². The number of carbonyl (C=O) groups excluding carboxylic acids is 1. The van der Waals surface area contributed by atoms with E-state index >= 15 is 0 Å². The van der Waals surface area contributed by atoms with Crippen LogP contribution in [0.3, 0.4) is 0 Å². The number of nitrogens with one attached hydrogen (secondary N) is 1. The van der Waals surface area contributed by atoms with E-state index in [-0.39, 0.29) is 18.9 Å². The zero-order valence-electron chi connectivity index (χ0n) is 51.4. The van der Waals surface area contributed by atoms with Gasteiger partial charge in [-0.25, -0.2) is 0 Å². The molecule has 19 heteroatoms. The van der Waals surface area contributed by atoms with Crippen molar-refractivity contribution in [1.82, 2.24) is 5.32 Å². The number of hydrogen-bond acceptors (Lipinski definition) is 18. The normalized spacial score (nSPS) is 29.5. The lowest BCUT2D eigenvalue weighted by molar-refractivity contribution is -0.379. The molecule has 3 aliphatic heterocycles. The number of amides is 1. The lowest BCUT2D eigenvalue weighted by Crippen LogP contribution is -2.66. The fraction of sp³-hybridized carbons (Fsp3) is 0.862. The molecule has 12 N–H and O–H groups in total. The first-order chi connectivity index (χ1) is 40.8. The number of unbranched alkanes of at least 4 members (excludes halogenated alkanes) is 25. The molecule has 0 aromatic carbocycles. The molecule has 0 radical (unpaired) electrons. The number of aliphatic hydroxyl groups excluding tert-OH is 11. The summed E-state index contributed by atoms with van der Waals surface area (Å²) >= 11 is 0. The van der Waals surface area contributed by atoms with Gasteiger partial charge in [-0.2, -0.15) is 0 Å². The monoisotopic (exact) mass is 1200 g/mol. The molecule has 0 aromatic rings. The van der Waals surface area contributed by atoms with Crippen molar-refractivity contribution in [1.29, 1.82) is 0 Å². The highest BCUT2D eigenvalue weighted by Gasteiger charge is 2.53. The quantitative estimate of drug-likeness (QED) is 0.0208. The van der Waals surface area contributed by atoms with Gasteiger partial charge in [0.2, 0.25) is 5.91 Å². The highest BCUT2D eigenvalue weighted by atomic mass is 16.8. The van der Waals surface area contributed by atoms with Gasteiger partial charge in [0.15, 0.2) is 18.9 Å². The highest BCUT2D eigenvalue weighted by Crippen LogP contribution is 2.33. The number of aliphatic hydroxyl groups is 11. The third-order valence-electron chi connectivity index (χ3n) is 16.4. The van der Waals surface area contributed by atoms with Crippen LogP contribution >= 0.6 is 0 Å². The number of allylic oxidation sites excluding steroid dienone is 8. The zero-order valence-corrected chi connectivity index (χ0v) is 51.4. The van der Waals surface area contributed by atoms with Gasteiger partial charge < -0.3 is 89.9 Å². The Morgan fingerprint density at radius 1 is 0.440 bits per heavy atom. The maximum atomic E-state index is 13.4. The van der Waals surface area contributed by atoms with Crippen LogP contribution in [0.15, 0.2) is 48.6 Å². The van der Waals surface area contributed by atoms with Gasteiger partial charge in [-0.15, -0.1) is 0 Å². The van der Waals surface area contributed by atoms with E-state index < -0.39 is 124 Å². The summed E-state index contributed by atoms with van der Waals surface area (Å²) in [6.07, 6.45) is 27.6. The molecular weight excluding hydrogens is 1080 g/mol. The zero-order chi connectivity index (χ0) is 61.2. The lowest BCUT2D eigenvalue weighted by atomic mass is 9.96. The summed E-state index contributed by atoms with van der Waals surface area (Å²) in [5.41, 5.74) is 0. The summed E-state index contributed by atoms with van der Waals surface area (Å²) < 4.78 is 34.4. The van der Waals surface area contributed by atoms with Gasteiger partial charge >= 0.3 is 0 Å². The van der Waals surface area contributed by atoms with Crippen molar-refractivity contribution in [3.63, 3.8) is 0 Å². The second-order valence-corrected chi connectivity index (χ2v) is 23.6. The van der Waals surface area contributed by atoms with Crippen molar-refractivity contribution in [3.05, 3.63) is 48.6 Å². The van der Waals surface area contributed by atoms with Crippen molar-refractivity contribution in [3.8, 4) is 0 Å². The van der Waals surface area contributed by atoms with Gasteiger partial charge in [0, 0.05) is 6.42 Å². The maximum absolute atomic E-state index is 13.4. The molecule has 1 amide bonds. The van der Waals surface area contributed by atoms with Crippen LogP contribution in [0.25, 0.3) is 0 Å². The van der Waals surface area contributed by atoms with E-state index in [0.717, 1.165) is 77.0 Å². The van der Waals surface area contributed by atoms with Crippen LogP contribution in [0.2, 0.25) is 0 Å². The van der Waals surface area contributed by atoms with Gasteiger partial charge in [-0.3, -0.25) is 4.79 Å². The Bertz CT molecular complexity index is 1720. The maximum Gasteiger partial charge on any atom is 0.220 e. The van der Waals surface area contributed by atoms with Gasteiger partial charge in [0.25, 0.3) is 0 Å². The molecule has 84 heavy (non-hydrogen) atoms. The summed E-state index contributed by atoms with van der Waals surface area (Å²) in [6, 6.07) is -0.902. The molecule has 0 saturated carbocycles. The standard InChI is InChI=1S/C65H117NO18/c1-3-5-7-9-11-13-15-17-19-21-22-23-24-25-27-28-30-32-34-36-38-40-42-49(70)48(66-53(71)43-41-39-37-35-33-31-29-26-20-18-16-14-12-10-8-6-4-2)47-79-63-59(77)56(74)61(51(45-68)81-63)84-65-60(78)57(75)62(52(46-69)82-65)83-64-58(76)55(73)54(72)50(44-67)80-64/h6,8,12,14,18,20,29,31,48-52,54-65,67-70,72-78H,3-5,7,9-11,13,15-17,19,21-28,30,32-47H2,1-2H3,(H,66,71)/b8-6-,14-12-,20-18-,31-29-. The van der Waals surface area contributed by atoms with Crippen LogP contribution in [0, 0.1) is 0 Å². The van der Waals surface area contributed by atoms with E-state index in [1.54, 1.807) is 0 Å². The summed E-state index contributed by atoms with van der Waals surface area (Å²) in [5, 5.41) is 121. The first-order valence-corrected chi connectivity index (χ1v) is 32.9. The molecule has 0 bridgehead atoms. The molecule has 3 saturated heterocycles.